The van der Waals surface area contributed by atoms with Crippen LogP contribution in [0.15, 0.2) is 9.52 Å². The van der Waals surface area contributed by atoms with Crippen molar-refractivity contribution >= 4 is 16.9 Å². The van der Waals surface area contributed by atoms with Gasteiger partial charge in [0.05, 0.1) is 0 Å². The van der Waals surface area contributed by atoms with E-state index < -0.39 is 0 Å². The molecular formula is C12H18N4OS. The molecule has 1 aromatic heterocycles. The van der Waals surface area contributed by atoms with Crippen LogP contribution in [0.5, 0.6) is 0 Å². The third-order valence-electron chi connectivity index (χ3n) is 3.58. The summed E-state index contributed by atoms with van der Waals surface area (Å²) in [5, 5.41) is 8.36. The standard InChI is InChI=1S/C12H18N4OS/c1-8-14-11(17-16-8)6-13-12-15-10-5-3-2-4-9(10)7-18-12/h9-10H,2-7H2,1H3,(H,13,15). The van der Waals surface area contributed by atoms with Crippen LogP contribution in [-0.2, 0) is 6.54 Å². The number of rotatable bonds is 2. The second-order valence-electron chi connectivity index (χ2n) is 4.96. The van der Waals surface area contributed by atoms with Gasteiger partial charge in [-0.3, -0.25) is 4.99 Å². The molecule has 1 aliphatic carbocycles. The maximum Gasteiger partial charge on any atom is 0.248 e. The Morgan fingerprint density at radius 3 is 3.17 bits per heavy atom. The zero-order valence-corrected chi connectivity index (χ0v) is 11.4. The molecule has 0 aromatic carbocycles. The number of amidine groups is 1. The Hall–Kier alpha value is -1.04. The minimum absolute atomic E-state index is 0.480. The maximum absolute atomic E-state index is 5.06. The van der Waals surface area contributed by atoms with Gasteiger partial charge in [0.15, 0.2) is 11.0 Å². The molecule has 98 valence electrons. The fourth-order valence-electron chi connectivity index (χ4n) is 2.62. The van der Waals surface area contributed by atoms with E-state index in [1.807, 2.05) is 18.7 Å². The van der Waals surface area contributed by atoms with Crippen LogP contribution in [-0.4, -0.2) is 27.1 Å². The van der Waals surface area contributed by atoms with Crippen LogP contribution >= 0.6 is 11.8 Å². The Morgan fingerprint density at radius 1 is 1.44 bits per heavy atom. The Labute approximate surface area is 111 Å². The summed E-state index contributed by atoms with van der Waals surface area (Å²) in [4.78, 5) is 8.68. The van der Waals surface area contributed by atoms with Gasteiger partial charge in [0.2, 0.25) is 5.89 Å². The number of aliphatic imine (C=N–C) groups is 1. The van der Waals surface area contributed by atoms with Crippen molar-refractivity contribution in [3.8, 4) is 0 Å². The van der Waals surface area contributed by atoms with Gasteiger partial charge in [-0.25, -0.2) is 0 Å². The third-order valence-corrected chi connectivity index (χ3v) is 4.69. The van der Waals surface area contributed by atoms with Gasteiger partial charge in [-0.05, 0) is 25.7 Å². The minimum Gasteiger partial charge on any atom is -0.362 e. The van der Waals surface area contributed by atoms with E-state index in [1.54, 1.807) is 0 Å². The second kappa shape index (κ2) is 5.30. The number of nitrogens with one attached hydrogen (secondary N) is 1. The predicted molar refractivity (Wildman–Crippen MR) is 71.5 cm³/mol. The number of aryl methyl sites for hydroxylation is 1. The number of thioether (sulfide) groups is 1. The summed E-state index contributed by atoms with van der Waals surface area (Å²) < 4.78 is 5.06. The van der Waals surface area contributed by atoms with Gasteiger partial charge in [0.25, 0.3) is 0 Å². The monoisotopic (exact) mass is 266 g/mol. The highest BCUT2D eigenvalue weighted by molar-refractivity contribution is 8.13. The second-order valence-corrected chi connectivity index (χ2v) is 5.97. The zero-order chi connectivity index (χ0) is 12.4. The molecule has 5 nitrogen and oxygen atoms in total. The molecule has 0 bridgehead atoms. The fraction of sp³-hybridized carbons (Fsp3) is 0.750. The summed E-state index contributed by atoms with van der Waals surface area (Å²) in [5.74, 6) is 3.28. The molecule has 2 unspecified atom stereocenters. The number of fused-ring (bicyclic) bond motifs is 1. The van der Waals surface area contributed by atoms with Crippen LogP contribution in [0.4, 0.5) is 0 Å². The summed E-state index contributed by atoms with van der Waals surface area (Å²) in [5.41, 5.74) is 0. The van der Waals surface area contributed by atoms with E-state index in [-0.39, 0.29) is 0 Å². The van der Waals surface area contributed by atoms with E-state index in [0.717, 1.165) is 11.1 Å². The molecule has 3 rings (SSSR count). The first-order valence-electron chi connectivity index (χ1n) is 6.54. The molecule has 0 radical (unpaired) electrons. The quantitative estimate of drug-likeness (QED) is 0.888. The highest BCUT2D eigenvalue weighted by atomic mass is 32.2. The van der Waals surface area contributed by atoms with Gasteiger partial charge in [-0.2, -0.15) is 4.98 Å². The summed E-state index contributed by atoms with van der Waals surface area (Å²) in [7, 11) is 0. The SMILES string of the molecule is Cc1noc(CN=C2NC3CCCCC3CS2)n1. The topological polar surface area (TPSA) is 63.3 Å². The first-order valence-corrected chi connectivity index (χ1v) is 7.53. The van der Waals surface area contributed by atoms with Crippen molar-refractivity contribution in [1.29, 1.82) is 0 Å². The van der Waals surface area contributed by atoms with E-state index in [4.69, 9.17) is 4.52 Å². The fourth-order valence-corrected chi connectivity index (χ4v) is 3.78. The van der Waals surface area contributed by atoms with Crippen LogP contribution in [0.25, 0.3) is 0 Å². The molecule has 6 heteroatoms. The number of hydrogen-bond donors (Lipinski definition) is 1. The van der Waals surface area contributed by atoms with Crippen molar-refractivity contribution in [2.45, 2.75) is 45.2 Å². The molecule has 2 heterocycles. The summed E-state index contributed by atoms with van der Waals surface area (Å²) >= 11 is 1.82. The van der Waals surface area contributed by atoms with Crippen LogP contribution in [0.3, 0.4) is 0 Å². The molecule has 1 saturated carbocycles. The van der Waals surface area contributed by atoms with Gasteiger partial charge in [0, 0.05) is 11.8 Å². The van der Waals surface area contributed by atoms with E-state index in [2.05, 4.69) is 20.4 Å². The number of hydrogen-bond acceptors (Lipinski definition) is 5. The van der Waals surface area contributed by atoms with Gasteiger partial charge < -0.3 is 9.84 Å². The van der Waals surface area contributed by atoms with Gasteiger partial charge in [0.1, 0.15) is 6.54 Å². The Bertz CT molecular complexity index is 445. The maximum atomic E-state index is 5.06. The molecule has 18 heavy (non-hydrogen) atoms. The van der Waals surface area contributed by atoms with Gasteiger partial charge in [-0.15, -0.1) is 0 Å². The molecule has 1 aliphatic heterocycles. The lowest BCUT2D eigenvalue weighted by molar-refractivity contribution is 0.311. The van der Waals surface area contributed by atoms with Crippen molar-refractivity contribution in [1.82, 2.24) is 15.5 Å². The largest absolute Gasteiger partial charge is 0.362 e. The van der Waals surface area contributed by atoms with Crippen LogP contribution < -0.4 is 5.32 Å². The molecule has 1 aromatic rings. The molecule has 2 atom stereocenters. The van der Waals surface area contributed by atoms with E-state index in [9.17, 15) is 0 Å². The van der Waals surface area contributed by atoms with Gasteiger partial charge >= 0.3 is 0 Å². The molecular weight excluding hydrogens is 248 g/mol. The van der Waals surface area contributed by atoms with E-state index >= 15 is 0 Å². The number of aromatic nitrogens is 2. The smallest absolute Gasteiger partial charge is 0.248 e. The van der Waals surface area contributed by atoms with E-state index in [0.29, 0.717) is 24.3 Å². The van der Waals surface area contributed by atoms with Crippen molar-refractivity contribution < 1.29 is 4.52 Å². The summed E-state index contributed by atoms with van der Waals surface area (Å²) in [6.07, 6.45) is 5.37. The number of nitrogens with zero attached hydrogens (tertiary/aromatic N) is 3. The first-order chi connectivity index (χ1) is 8.81. The lowest BCUT2D eigenvalue weighted by Crippen LogP contribution is -2.46. The molecule has 1 saturated heterocycles. The first kappa shape index (κ1) is 12.0. The van der Waals surface area contributed by atoms with Crippen LogP contribution in [0.1, 0.15) is 37.4 Å². The van der Waals surface area contributed by atoms with Crippen molar-refractivity contribution in [3.63, 3.8) is 0 Å². The van der Waals surface area contributed by atoms with Crippen LogP contribution in [0, 0.1) is 12.8 Å². The van der Waals surface area contributed by atoms with E-state index in [1.165, 1.54) is 31.4 Å². The molecule has 2 aliphatic rings. The Balaban J connectivity index is 1.59. The average molecular weight is 266 g/mol. The molecule has 0 spiro atoms. The normalized spacial score (nSPS) is 29.9. The molecule has 2 fully saturated rings. The zero-order valence-electron chi connectivity index (χ0n) is 10.6. The van der Waals surface area contributed by atoms with Crippen molar-refractivity contribution in [2.75, 3.05) is 5.75 Å². The highest BCUT2D eigenvalue weighted by Gasteiger charge is 2.30. The highest BCUT2D eigenvalue weighted by Crippen LogP contribution is 2.31. The van der Waals surface area contributed by atoms with Crippen LogP contribution in [0.2, 0.25) is 0 Å². The predicted octanol–water partition coefficient (Wildman–Crippen LogP) is 2.13. The molecule has 0 amide bonds. The van der Waals surface area contributed by atoms with Crippen molar-refractivity contribution in [3.05, 3.63) is 11.7 Å². The molecule has 1 N–H and O–H groups in total. The van der Waals surface area contributed by atoms with Gasteiger partial charge in [-0.1, -0.05) is 29.8 Å². The summed E-state index contributed by atoms with van der Waals surface area (Å²) in [6.45, 7) is 2.30. The Morgan fingerprint density at radius 2 is 2.33 bits per heavy atom. The third kappa shape index (κ3) is 2.68. The van der Waals surface area contributed by atoms with Crippen molar-refractivity contribution in [2.24, 2.45) is 10.9 Å². The average Bonchev–Trinajstić information content (AvgIpc) is 2.82. The minimum atomic E-state index is 0.480. The lowest BCUT2D eigenvalue weighted by atomic mass is 9.86. The summed E-state index contributed by atoms with van der Waals surface area (Å²) in [6, 6.07) is 0.628. The Kier molecular flexibility index (Phi) is 3.54. The lowest BCUT2D eigenvalue weighted by Gasteiger charge is -2.36.